The Balaban J connectivity index is 1.67. The van der Waals surface area contributed by atoms with E-state index in [0.717, 1.165) is 11.8 Å². The zero-order chi connectivity index (χ0) is 10.7. The summed E-state index contributed by atoms with van der Waals surface area (Å²) >= 11 is 0. The Labute approximate surface area is 91.9 Å². The summed E-state index contributed by atoms with van der Waals surface area (Å²) in [5, 5.41) is 21.4. The van der Waals surface area contributed by atoms with E-state index in [1.54, 1.807) is 0 Å². The maximum Gasteiger partial charge on any atom is 0.0895 e. The van der Waals surface area contributed by atoms with Crippen molar-refractivity contribution in [3.63, 3.8) is 0 Å². The van der Waals surface area contributed by atoms with Gasteiger partial charge in [0.15, 0.2) is 0 Å². The molecule has 3 atom stereocenters. The first kappa shape index (κ1) is 11.4. The van der Waals surface area contributed by atoms with Gasteiger partial charge >= 0.3 is 0 Å². The number of rotatable bonds is 5. The second-order valence-electron chi connectivity index (χ2n) is 5.21. The molecule has 88 valence electrons. The Morgan fingerprint density at radius 1 is 1.13 bits per heavy atom. The van der Waals surface area contributed by atoms with Gasteiger partial charge in [-0.05, 0) is 37.5 Å². The van der Waals surface area contributed by atoms with Gasteiger partial charge in [0, 0.05) is 12.6 Å². The topological polar surface area (TPSA) is 52.5 Å². The summed E-state index contributed by atoms with van der Waals surface area (Å²) in [4.78, 5) is 0. The molecule has 0 aromatic carbocycles. The standard InChI is InChI=1S/C12H23NO2/c14-8-12(15)7-13-11-3-1-2-10(6-11)9-4-5-9/h9-15H,1-8H2. The predicted molar refractivity (Wildman–Crippen MR) is 59.6 cm³/mol. The van der Waals surface area contributed by atoms with Crippen LogP contribution in [0.3, 0.4) is 0 Å². The van der Waals surface area contributed by atoms with Crippen molar-refractivity contribution in [3.05, 3.63) is 0 Å². The molecule has 0 radical (unpaired) electrons. The maximum absolute atomic E-state index is 9.26. The lowest BCUT2D eigenvalue weighted by Crippen LogP contribution is -2.40. The highest BCUT2D eigenvalue weighted by molar-refractivity contribution is 4.88. The first-order chi connectivity index (χ1) is 7.29. The van der Waals surface area contributed by atoms with E-state index in [1.807, 2.05) is 0 Å². The highest BCUT2D eigenvalue weighted by Crippen LogP contribution is 2.43. The highest BCUT2D eigenvalue weighted by atomic mass is 16.3. The molecule has 2 aliphatic carbocycles. The van der Waals surface area contributed by atoms with Crippen LogP contribution in [0.25, 0.3) is 0 Å². The Kier molecular flexibility index (Phi) is 4.00. The minimum Gasteiger partial charge on any atom is -0.394 e. The lowest BCUT2D eigenvalue weighted by molar-refractivity contribution is 0.0886. The van der Waals surface area contributed by atoms with E-state index in [1.165, 1.54) is 38.5 Å². The van der Waals surface area contributed by atoms with E-state index in [4.69, 9.17) is 5.11 Å². The maximum atomic E-state index is 9.26. The van der Waals surface area contributed by atoms with Gasteiger partial charge < -0.3 is 15.5 Å². The average molecular weight is 213 g/mol. The number of aliphatic hydroxyl groups is 2. The molecule has 0 aromatic heterocycles. The first-order valence-electron chi connectivity index (χ1n) is 6.32. The normalized spacial score (nSPS) is 34.0. The molecule has 0 saturated heterocycles. The third kappa shape index (κ3) is 3.44. The molecule has 3 N–H and O–H groups in total. The summed E-state index contributed by atoms with van der Waals surface area (Å²) in [5.41, 5.74) is 0. The van der Waals surface area contributed by atoms with E-state index in [-0.39, 0.29) is 6.61 Å². The molecular formula is C12H23NO2. The van der Waals surface area contributed by atoms with Crippen molar-refractivity contribution in [2.45, 2.75) is 50.7 Å². The largest absolute Gasteiger partial charge is 0.394 e. The lowest BCUT2D eigenvalue weighted by atomic mass is 9.82. The minimum atomic E-state index is -0.591. The van der Waals surface area contributed by atoms with Gasteiger partial charge in [-0.25, -0.2) is 0 Å². The van der Waals surface area contributed by atoms with Gasteiger partial charge in [-0.3, -0.25) is 0 Å². The molecule has 0 bridgehead atoms. The molecule has 2 rings (SSSR count). The van der Waals surface area contributed by atoms with Crippen LogP contribution in [0.5, 0.6) is 0 Å². The molecule has 2 fully saturated rings. The van der Waals surface area contributed by atoms with Crippen molar-refractivity contribution >= 4 is 0 Å². The molecule has 15 heavy (non-hydrogen) atoms. The van der Waals surface area contributed by atoms with Crippen LogP contribution in [0.4, 0.5) is 0 Å². The van der Waals surface area contributed by atoms with Crippen molar-refractivity contribution in [3.8, 4) is 0 Å². The SMILES string of the molecule is OCC(O)CNC1CCCC(C2CC2)C1. The van der Waals surface area contributed by atoms with Gasteiger partial charge in [-0.1, -0.05) is 12.8 Å². The quantitative estimate of drug-likeness (QED) is 0.636. The molecule has 3 heteroatoms. The van der Waals surface area contributed by atoms with Crippen LogP contribution in [0.1, 0.15) is 38.5 Å². The summed E-state index contributed by atoms with van der Waals surface area (Å²) in [6.45, 7) is 0.407. The van der Waals surface area contributed by atoms with E-state index in [9.17, 15) is 5.11 Å². The average Bonchev–Trinajstić information content (AvgIpc) is 3.10. The lowest BCUT2D eigenvalue weighted by Gasteiger charge is -2.30. The van der Waals surface area contributed by atoms with Gasteiger partial charge in [0.25, 0.3) is 0 Å². The molecule has 0 heterocycles. The molecule has 2 aliphatic rings. The summed E-state index contributed by atoms with van der Waals surface area (Å²) in [5.74, 6) is 1.94. The van der Waals surface area contributed by atoms with Crippen molar-refractivity contribution < 1.29 is 10.2 Å². The molecular weight excluding hydrogens is 190 g/mol. The van der Waals surface area contributed by atoms with Gasteiger partial charge in [-0.15, -0.1) is 0 Å². The zero-order valence-electron chi connectivity index (χ0n) is 9.36. The van der Waals surface area contributed by atoms with Crippen LogP contribution in [-0.4, -0.2) is 35.5 Å². The van der Waals surface area contributed by atoms with Crippen LogP contribution in [-0.2, 0) is 0 Å². The molecule has 3 nitrogen and oxygen atoms in total. The van der Waals surface area contributed by atoms with E-state index < -0.39 is 6.10 Å². The predicted octanol–water partition coefficient (Wildman–Crippen LogP) is 0.898. The fourth-order valence-corrected chi connectivity index (χ4v) is 2.78. The molecule has 2 saturated carbocycles. The smallest absolute Gasteiger partial charge is 0.0895 e. The number of aliphatic hydroxyl groups excluding tert-OH is 2. The summed E-state index contributed by atoms with van der Waals surface area (Å²) in [6, 6.07) is 0.575. The van der Waals surface area contributed by atoms with E-state index >= 15 is 0 Å². The fraction of sp³-hybridized carbons (Fsp3) is 1.00. The van der Waals surface area contributed by atoms with Crippen LogP contribution >= 0.6 is 0 Å². The first-order valence-corrected chi connectivity index (χ1v) is 6.32. The monoisotopic (exact) mass is 213 g/mol. The Morgan fingerprint density at radius 3 is 2.60 bits per heavy atom. The van der Waals surface area contributed by atoms with Crippen molar-refractivity contribution in [1.29, 1.82) is 0 Å². The van der Waals surface area contributed by atoms with Gasteiger partial charge in [-0.2, -0.15) is 0 Å². The third-order valence-corrected chi connectivity index (χ3v) is 3.86. The van der Waals surface area contributed by atoms with Crippen molar-refractivity contribution in [1.82, 2.24) is 5.32 Å². The Morgan fingerprint density at radius 2 is 1.93 bits per heavy atom. The van der Waals surface area contributed by atoms with Crippen LogP contribution in [0.15, 0.2) is 0 Å². The molecule has 0 aromatic rings. The summed E-state index contributed by atoms with van der Waals surface area (Å²) < 4.78 is 0. The van der Waals surface area contributed by atoms with Gasteiger partial charge in [0.1, 0.15) is 0 Å². The van der Waals surface area contributed by atoms with Crippen molar-refractivity contribution in [2.75, 3.05) is 13.2 Å². The second-order valence-corrected chi connectivity index (χ2v) is 5.21. The van der Waals surface area contributed by atoms with E-state index in [2.05, 4.69) is 5.32 Å². The molecule has 0 spiro atoms. The van der Waals surface area contributed by atoms with Crippen LogP contribution < -0.4 is 5.32 Å². The summed E-state index contributed by atoms with van der Waals surface area (Å²) in [7, 11) is 0. The minimum absolute atomic E-state index is 0.133. The number of hydrogen-bond donors (Lipinski definition) is 3. The van der Waals surface area contributed by atoms with Gasteiger partial charge in [0.2, 0.25) is 0 Å². The van der Waals surface area contributed by atoms with Crippen LogP contribution in [0, 0.1) is 11.8 Å². The van der Waals surface area contributed by atoms with E-state index in [0.29, 0.717) is 12.6 Å². The molecule has 0 amide bonds. The number of nitrogens with one attached hydrogen (secondary N) is 1. The molecule has 3 unspecified atom stereocenters. The Hall–Kier alpha value is -0.120. The third-order valence-electron chi connectivity index (χ3n) is 3.86. The van der Waals surface area contributed by atoms with Crippen molar-refractivity contribution in [2.24, 2.45) is 11.8 Å². The second kappa shape index (κ2) is 5.28. The molecule has 0 aliphatic heterocycles. The zero-order valence-corrected chi connectivity index (χ0v) is 9.36. The highest BCUT2D eigenvalue weighted by Gasteiger charge is 2.34. The van der Waals surface area contributed by atoms with Gasteiger partial charge in [0.05, 0.1) is 12.7 Å². The fourth-order valence-electron chi connectivity index (χ4n) is 2.78. The summed E-state index contributed by atoms with van der Waals surface area (Å²) in [6.07, 6.45) is 7.54. The Bertz CT molecular complexity index is 194. The van der Waals surface area contributed by atoms with Crippen LogP contribution in [0.2, 0.25) is 0 Å². The number of hydrogen-bond acceptors (Lipinski definition) is 3.